The molecule has 0 spiro atoms. The molecule has 1 N–H and O–H groups in total. The number of sulfone groups is 1. The molecule has 1 aromatic rings. The molecule has 7 heteroatoms. The van der Waals surface area contributed by atoms with Crippen molar-refractivity contribution in [3.63, 3.8) is 0 Å². The van der Waals surface area contributed by atoms with Gasteiger partial charge in [-0.25, -0.2) is 8.42 Å². The number of halogens is 1. The van der Waals surface area contributed by atoms with E-state index in [-0.39, 0.29) is 17.4 Å². The van der Waals surface area contributed by atoms with Crippen molar-refractivity contribution in [1.29, 1.82) is 0 Å². The molecule has 4 nitrogen and oxygen atoms in total. The van der Waals surface area contributed by atoms with E-state index in [1.165, 1.54) is 0 Å². The van der Waals surface area contributed by atoms with Crippen LogP contribution in [0.25, 0.3) is 0 Å². The number of nitrogens with one attached hydrogen (secondary N) is 1. The van der Waals surface area contributed by atoms with E-state index in [0.717, 1.165) is 4.90 Å². The Morgan fingerprint density at radius 2 is 2.05 bits per heavy atom. The first-order chi connectivity index (χ1) is 9.78. The molecule has 1 aliphatic rings. The Morgan fingerprint density at radius 3 is 2.62 bits per heavy atom. The third kappa shape index (κ3) is 5.20. The highest BCUT2D eigenvalue weighted by atomic mass is 35.5. The van der Waals surface area contributed by atoms with E-state index >= 15 is 0 Å². The topological polar surface area (TPSA) is 63.2 Å². The molecule has 1 fully saturated rings. The van der Waals surface area contributed by atoms with Crippen molar-refractivity contribution in [2.45, 2.75) is 30.2 Å². The molecule has 21 heavy (non-hydrogen) atoms. The third-order valence-corrected chi connectivity index (χ3v) is 6.52. The first-order valence-corrected chi connectivity index (χ1v) is 9.86. The number of benzene rings is 1. The van der Waals surface area contributed by atoms with Gasteiger partial charge in [-0.2, -0.15) is 0 Å². The summed E-state index contributed by atoms with van der Waals surface area (Å²) < 4.78 is 23.0. The van der Waals surface area contributed by atoms with Crippen molar-refractivity contribution in [2.75, 3.05) is 17.3 Å². The molecule has 0 aliphatic carbocycles. The van der Waals surface area contributed by atoms with Crippen LogP contribution in [0.1, 0.15) is 19.8 Å². The Morgan fingerprint density at radius 1 is 1.38 bits per heavy atom. The highest BCUT2D eigenvalue weighted by molar-refractivity contribution is 7.99. The molecule has 1 heterocycles. The van der Waals surface area contributed by atoms with Crippen LogP contribution >= 0.6 is 23.4 Å². The van der Waals surface area contributed by atoms with Crippen LogP contribution in [0.3, 0.4) is 0 Å². The highest BCUT2D eigenvalue weighted by Gasteiger charge is 2.39. The molecule has 1 amide bonds. The van der Waals surface area contributed by atoms with Crippen molar-refractivity contribution < 1.29 is 13.2 Å². The molecule has 0 saturated carbocycles. The zero-order valence-electron chi connectivity index (χ0n) is 11.8. The van der Waals surface area contributed by atoms with Crippen LogP contribution in [0.4, 0.5) is 0 Å². The first kappa shape index (κ1) is 16.6. The van der Waals surface area contributed by atoms with Gasteiger partial charge in [0, 0.05) is 22.1 Å². The Balaban J connectivity index is 1.76. The van der Waals surface area contributed by atoms with Gasteiger partial charge in [-0.15, -0.1) is 11.8 Å². The van der Waals surface area contributed by atoms with Gasteiger partial charge >= 0.3 is 0 Å². The minimum Gasteiger partial charge on any atom is -0.350 e. The lowest BCUT2D eigenvalue weighted by atomic mass is 10.0. The monoisotopic (exact) mass is 347 g/mol. The van der Waals surface area contributed by atoms with Crippen LogP contribution in [0.2, 0.25) is 5.02 Å². The average molecular weight is 348 g/mol. The molecule has 1 aliphatic heterocycles. The van der Waals surface area contributed by atoms with Crippen LogP contribution in [0.15, 0.2) is 29.2 Å². The summed E-state index contributed by atoms with van der Waals surface area (Å²) in [6.07, 6.45) is 0.855. The summed E-state index contributed by atoms with van der Waals surface area (Å²) in [6.45, 7) is 1.79. The summed E-state index contributed by atoms with van der Waals surface area (Å²) in [5.41, 5.74) is -0.610. The van der Waals surface area contributed by atoms with Gasteiger partial charge in [-0.1, -0.05) is 11.6 Å². The fourth-order valence-electron chi connectivity index (χ4n) is 2.30. The van der Waals surface area contributed by atoms with E-state index in [1.807, 2.05) is 24.3 Å². The lowest BCUT2D eigenvalue weighted by Crippen LogP contribution is -2.47. The summed E-state index contributed by atoms with van der Waals surface area (Å²) in [4.78, 5) is 13.0. The van der Waals surface area contributed by atoms with Crippen LogP contribution in [-0.2, 0) is 14.6 Å². The Bertz CT molecular complexity index is 616. The van der Waals surface area contributed by atoms with E-state index in [1.54, 1.807) is 18.7 Å². The van der Waals surface area contributed by atoms with Crippen molar-refractivity contribution >= 4 is 39.1 Å². The van der Waals surface area contributed by atoms with Gasteiger partial charge in [0.05, 0.1) is 17.0 Å². The van der Waals surface area contributed by atoms with E-state index in [0.29, 0.717) is 23.6 Å². The fraction of sp³-hybridized carbons (Fsp3) is 0.500. The predicted octanol–water partition coefficient (Wildman–Crippen LogP) is 2.52. The zero-order valence-corrected chi connectivity index (χ0v) is 14.2. The van der Waals surface area contributed by atoms with E-state index in [2.05, 4.69) is 5.32 Å². The number of hydrogen-bond donors (Lipinski definition) is 1. The van der Waals surface area contributed by atoms with Crippen LogP contribution in [0, 0.1) is 0 Å². The fourth-order valence-corrected chi connectivity index (χ4v) is 5.37. The second-order valence-electron chi connectivity index (χ2n) is 5.50. The summed E-state index contributed by atoms with van der Waals surface area (Å²) in [5.74, 6) is 0.742. The minimum absolute atomic E-state index is 0.0378. The quantitative estimate of drug-likeness (QED) is 0.831. The smallest absolute Gasteiger partial charge is 0.221 e. The van der Waals surface area contributed by atoms with E-state index < -0.39 is 15.4 Å². The number of hydrogen-bond acceptors (Lipinski definition) is 4. The summed E-state index contributed by atoms with van der Waals surface area (Å²) >= 11 is 7.38. The zero-order chi connectivity index (χ0) is 15.5. The second-order valence-corrected chi connectivity index (χ2v) is 9.29. The maximum absolute atomic E-state index is 11.9. The molecule has 0 radical (unpaired) electrons. The third-order valence-electron chi connectivity index (χ3n) is 3.36. The molecule has 1 saturated heterocycles. The Kier molecular flexibility index (Phi) is 5.22. The van der Waals surface area contributed by atoms with Crippen LogP contribution < -0.4 is 5.32 Å². The predicted molar refractivity (Wildman–Crippen MR) is 86.6 cm³/mol. The molecule has 1 aromatic carbocycles. The van der Waals surface area contributed by atoms with Crippen molar-refractivity contribution in [3.05, 3.63) is 29.3 Å². The van der Waals surface area contributed by atoms with Crippen LogP contribution in [-0.4, -0.2) is 37.1 Å². The SMILES string of the molecule is CC1(NC(=O)CCSc2ccc(Cl)cc2)CCS(=O)(=O)C1. The van der Waals surface area contributed by atoms with Gasteiger partial charge < -0.3 is 5.32 Å². The molecule has 0 aromatic heterocycles. The number of carbonyl (C=O) groups is 1. The lowest BCUT2D eigenvalue weighted by Gasteiger charge is -2.23. The van der Waals surface area contributed by atoms with Gasteiger partial charge in [0.1, 0.15) is 0 Å². The molecule has 0 bridgehead atoms. The minimum atomic E-state index is -3.00. The summed E-state index contributed by atoms with van der Waals surface area (Å²) in [5, 5.41) is 3.54. The van der Waals surface area contributed by atoms with Crippen molar-refractivity contribution in [3.8, 4) is 0 Å². The lowest BCUT2D eigenvalue weighted by molar-refractivity contribution is -0.122. The van der Waals surface area contributed by atoms with Gasteiger partial charge in [0.25, 0.3) is 0 Å². The second kappa shape index (κ2) is 6.58. The van der Waals surface area contributed by atoms with Gasteiger partial charge in [-0.3, -0.25) is 4.79 Å². The van der Waals surface area contributed by atoms with Gasteiger partial charge in [-0.05, 0) is 37.6 Å². The number of thioether (sulfide) groups is 1. The van der Waals surface area contributed by atoms with Gasteiger partial charge in [0.2, 0.25) is 5.91 Å². The standard InChI is InChI=1S/C14H18ClNO3S2/c1-14(7-9-21(18,19)10-14)16-13(17)6-8-20-12-4-2-11(15)3-5-12/h2-5H,6-10H2,1H3,(H,16,17). The normalized spacial score (nSPS) is 23.9. The Hall–Kier alpha value is -0.720. The maximum Gasteiger partial charge on any atom is 0.221 e. The van der Waals surface area contributed by atoms with E-state index in [4.69, 9.17) is 11.6 Å². The molecular formula is C14H18ClNO3S2. The summed E-state index contributed by atoms with van der Waals surface area (Å²) in [7, 11) is -3.00. The largest absolute Gasteiger partial charge is 0.350 e. The van der Waals surface area contributed by atoms with Crippen LogP contribution in [0.5, 0.6) is 0 Å². The van der Waals surface area contributed by atoms with Crippen molar-refractivity contribution in [2.24, 2.45) is 0 Å². The highest BCUT2D eigenvalue weighted by Crippen LogP contribution is 2.24. The molecule has 116 valence electrons. The van der Waals surface area contributed by atoms with Crippen molar-refractivity contribution in [1.82, 2.24) is 5.32 Å². The number of amides is 1. The maximum atomic E-state index is 11.9. The van der Waals surface area contributed by atoms with Gasteiger partial charge in [0.15, 0.2) is 9.84 Å². The average Bonchev–Trinajstić information content (AvgIpc) is 2.65. The first-order valence-electron chi connectivity index (χ1n) is 6.68. The molecule has 1 unspecified atom stereocenters. The Labute approximate surface area is 134 Å². The summed E-state index contributed by atoms with van der Waals surface area (Å²) in [6, 6.07) is 7.45. The number of rotatable bonds is 5. The molecule has 2 rings (SSSR count). The number of carbonyl (C=O) groups excluding carboxylic acids is 1. The molecule has 1 atom stereocenters. The van der Waals surface area contributed by atoms with E-state index in [9.17, 15) is 13.2 Å². The molecular weight excluding hydrogens is 330 g/mol.